The Morgan fingerprint density at radius 1 is 1.50 bits per heavy atom. The van der Waals surface area contributed by atoms with Crippen LogP contribution in [0.4, 0.5) is 0 Å². The monoisotopic (exact) mass is 218 g/mol. The van der Waals surface area contributed by atoms with E-state index in [-0.39, 0.29) is 0 Å². The van der Waals surface area contributed by atoms with E-state index < -0.39 is 0 Å². The standard InChI is InChI=1S/C8H8BrCl/c1-2-6-4-3-5-7(10)8(6)9/h3-5H,2H2,1H3. The Bertz CT molecular complexity index is 233. The van der Waals surface area contributed by atoms with Gasteiger partial charge in [0.05, 0.1) is 5.02 Å². The van der Waals surface area contributed by atoms with E-state index >= 15 is 0 Å². The largest absolute Gasteiger partial charge is 0.0831 e. The van der Waals surface area contributed by atoms with Crippen molar-refractivity contribution in [3.63, 3.8) is 0 Å². The highest BCUT2D eigenvalue weighted by molar-refractivity contribution is 9.10. The molecule has 0 amide bonds. The molecule has 54 valence electrons. The highest BCUT2D eigenvalue weighted by Gasteiger charge is 1.99. The summed E-state index contributed by atoms with van der Waals surface area (Å²) in [5, 5.41) is 0.791. The number of aryl methyl sites for hydroxylation is 1. The van der Waals surface area contributed by atoms with Crippen LogP contribution >= 0.6 is 27.5 Å². The number of hydrogen-bond donors (Lipinski definition) is 0. The van der Waals surface area contributed by atoms with Crippen LogP contribution in [0.2, 0.25) is 5.02 Å². The molecule has 1 rings (SSSR count). The van der Waals surface area contributed by atoms with E-state index in [1.54, 1.807) is 0 Å². The van der Waals surface area contributed by atoms with Gasteiger partial charge in [-0.25, -0.2) is 0 Å². The summed E-state index contributed by atoms with van der Waals surface area (Å²) < 4.78 is 1.03. The third-order valence-corrected chi connectivity index (χ3v) is 2.89. The summed E-state index contributed by atoms with van der Waals surface area (Å²) in [6.07, 6.45) is 1.02. The van der Waals surface area contributed by atoms with Crippen LogP contribution in [-0.2, 0) is 6.42 Å². The lowest BCUT2D eigenvalue weighted by molar-refractivity contribution is 1.13. The topological polar surface area (TPSA) is 0 Å². The quantitative estimate of drug-likeness (QED) is 0.676. The Kier molecular flexibility index (Phi) is 2.75. The van der Waals surface area contributed by atoms with Crippen molar-refractivity contribution in [1.29, 1.82) is 0 Å². The lowest BCUT2D eigenvalue weighted by Crippen LogP contribution is -1.81. The van der Waals surface area contributed by atoms with E-state index in [1.165, 1.54) is 5.56 Å². The fraction of sp³-hybridized carbons (Fsp3) is 0.250. The van der Waals surface area contributed by atoms with E-state index in [9.17, 15) is 0 Å². The maximum Gasteiger partial charge on any atom is 0.0550 e. The Labute approximate surface area is 74.3 Å². The molecule has 0 unspecified atom stereocenters. The van der Waals surface area contributed by atoms with Gasteiger partial charge in [0.15, 0.2) is 0 Å². The van der Waals surface area contributed by atoms with Crippen LogP contribution in [0.15, 0.2) is 22.7 Å². The molecule has 0 saturated carbocycles. The van der Waals surface area contributed by atoms with Crippen molar-refractivity contribution in [3.8, 4) is 0 Å². The number of benzene rings is 1. The van der Waals surface area contributed by atoms with E-state index in [0.29, 0.717) is 0 Å². The van der Waals surface area contributed by atoms with Crippen LogP contribution in [-0.4, -0.2) is 0 Å². The van der Waals surface area contributed by atoms with E-state index in [2.05, 4.69) is 28.9 Å². The van der Waals surface area contributed by atoms with E-state index in [0.717, 1.165) is 15.9 Å². The van der Waals surface area contributed by atoms with Gasteiger partial charge in [-0.2, -0.15) is 0 Å². The van der Waals surface area contributed by atoms with Gasteiger partial charge in [-0.1, -0.05) is 30.7 Å². The second kappa shape index (κ2) is 3.40. The molecule has 0 atom stereocenters. The third kappa shape index (κ3) is 1.53. The molecule has 0 aliphatic rings. The Balaban J connectivity index is 3.14. The van der Waals surface area contributed by atoms with Gasteiger partial charge in [-0.15, -0.1) is 0 Å². The molecule has 0 nitrogen and oxygen atoms in total. The molecule has 0 spiro atoms. The molecule has 1 aromatic rings. The van der Waals surface area contributed by atoms with Gasteiger partial charge in [0, 0.05) is 4.47 Å². The Morgan fingerprint density at radius 2 is 2.20 bits per heavy atom. The molecule has 0 aliphatic heterocycles. The van der Waals surface area contributed by atoms with E-state index in [4.69, 9.17) is 11.6 Å². The molecule has 0 bridgehead atoms. The Hall–Kier alpha value is -0.0100. The lowest BCUT2D eigenvalue weighted by Gasteiger charge is -2.00. The molecular formula is C8H8BrCl. The van der Waals surface area contributed by atoms with Gasteiger partial charge in [-0.05, 0) is 34.0 Å². The van der Waals surface area contributed by atoms with Crippen LogP contribution in [0.25, 0.3) is 0 Å². The molecule has 0 fully saturated rings. The first-order valence-electron chi connectivity index (χ1n) is 3.18. The molecule has 0 heterocycles. The predicted molar refractivity (Wildman–Crippen MR) is 48.5 cm³/mol. The van der Waals surface area contributed by atoms with Gasteiger partial charge in [-0.3, -0.25) is 0 Å². The highest BCUT2D eigenvalue weighted by atomic mass is 79.9. The summed E-state index contributed by atoms with van der Waals surface area (Å²) in [6.45, 7) is 2.11. The Morgan fingerprint density at radius 3 is 2.70 bits per heavy atom. The minimum Gasteiger partial charge on any atom is -0.0831 e. The average Bonchev–Trinajstić information content (AvgIpc) is 1.95. The van der Waals surface area contributed by atoms with Crippen molar-refractivity contribution >= 4 is 27.5 Å². The zero-order valence-corrected chi connectivity index (χ0v) is 8.04. The molecule has 0 saturated heterocycles. The van der Waals surface area contributed by atoms with Crippen LogP contribution in [0.1, 0.15) is 12.5 Å². The second-order valence-electron chi connectivity index (χ2n) is 2.07. The summed E-state index contributed by atoms with van der Waals surface area (Å²) in [4.78, 5) is 0. The number of halogens is 2. The number of hydrogen-bond acceptors (Lipinski definition) is 0. The first kappa shape index (κ1) is 8.09. The molecule has 1 aromatic carbocycles. The summed E-state index contributed by atoms with van der Waals surface area (Å²) in [7, 11) is 0. The smallest absolute Gasteiger partial charge is 0.0550 e. The predicted octanol–water partition coefficient (Wildman–Crippen LogP) is 3.66. The molecule has 0 aliphatic carbocycles. The summed E-state index contributed by atoms with van der Waals surface area (Å²) in [5.41, 5.74) is 1.26. The van der Waals surface area contributed by atoms with Crippen molar-refractivity contribution in [1.82, 2.24) is 0 Å². The molecule has 10 heavy (non-hydrogen) atoms. The molecule has 2 heteroatoms. The van der Waals surface area contributed by atoms with Crippen molar-refractivity contribution in [2.24, 2.45) is 0 Å². The molecule has 0 N–H and O–H groups in total. The van der Waals surface area contributed by atoms with Crippen molar-refractivity contribution < 1.29 is 0 Å². The average molecular weight is 220 g/mol. The summed E-state index contributed by atoms with van der Waals surface area (Å²) >= 11 is 9.25. The first-order valence-corrected chi connectivity index (χ1v) is 4.35. The fourth-order valence-corrected chi connectivity index (χ4v) is 1.56. The molecular weight excluding hydrogens is 211 g/mol. The first-order chi connectivity index (χ1) is 4.75. The van der Waals surface area contributed by atoms with Crippen LogP contribution in [0.3, 0.4) is 0 Å². The van der Waals surface area contributed by atoms with Crippen LogP contribution in [0, 0.1) is 0 Å². The van der Waals surface area contributed by atoms with E-state index in [1.807, 2.05) is 12.1 Å². The van der Waals surface area contributed by atoms with Crippen molar-refractivity contribution in [2.45, 2.75) is 13.3 Å². The zero-order valence-electron chi connectivity index (χ0n) is 5.70. The van der Waals surface area contributed by atoms with Crippen LogP contribution < -0.4 is 0 Å². The van der Waals surface area contributed by atoms with Gasteiger partial charge in [0.1, 0.15) is 0 Å². The van der Waals surface area contributed by atoms with Crippen molar-refractivity contribution in [2.75, 3.05) is 0 Å². The number of rotatable bonds is 1. The van der Waals surface area contributed by atoms with Gasteiger partial charge < -0.3 is 0 Å². The third-order valence-electron chi connectivity index (χ3n) is 1.41. The van der Waals surface area contributed by atoms with Gasteiger partial charge in [0.2, 0.25) is 0 Å². The minimum atomic E-state index is 0.791. The maximum absolute atomic E-state index is 5.85. The molecule has 0 radical (unpaired) electrons. The maximum atomic E-state index is 5.85. The minimum absolute atomic E-state index is 0.791. The second-order valence-corrected chi connectivity index (χ2v) is 3.27. The van der Waals surface area contributed by atoms with Crippen LogP contribution in [0.5, 0.6) is 0 Å². The summed E-state index contributed by atoms with van der Waals surface area (Å²) in [6, 6.07) is 5.91. The summed E-state index contributed by atoms with van der Waals surface area (Å²) in [5.74, 6) is 0. The normalized spacial score (nSPS) is 9.90. The lowest BCUT2D eigenvalue weighted by atomic mass is 10.2. The van der Waals surface area contributed by atoms with Gasteiger partial charge in [0.25, 0.3) is 0 Å². The molecule has 0 aromatic heterocycles. The SMILES string of the molecule is CCc1cccc(Cl)c1Br. The van der Waals surface area contributed by atoms with Crippen molar-refractivity contribution in [3.05, 3.63) is 33.3 Å². The zero-order chi connectivity index (χ0) is 7.56. The fourth-order valence-electron chi connectivity index (χ4n) is 0.822. The highest BCUT2D eigenvalue weighted by Crippen LogP contribution is 2.25. The van der Waals surface area contributed by atoms with Gasteiger partial charge >= 0.3 is 0 Å².